The minimum absolute atomic E-state index is 0.0170. The number of hydrogen-bond donors (Lipinski definition) is 1. The summed E-state index contributed by atoms with van der Waals surface area (Å²) < 4.78 is 11.3. The number of likely N-dealkylation sites (tertiary alicyclic amines) is 1. The predicted octanol–water partition coefficient (Wildman–Crippen LogP) is 1.20. The third-order valence-corrected chi connectivity index (χ3v) is 4.25. The van der Waals surface area contributed by atoms with Crippen molar-refractivity contribution < 1.29 is 19.1 Å². The maximum atomic E-state index is 12.7. The van der Waals surface area contributed by atoms with Crippen molar-refractivity contribution in [1.29, 1.82) is 0 Å². The Labute approximate surface area is 141 Å². The number of amides is 2. The number of rotatable bonds is 3. The van der Waals surface area contributed by atoms with Crippen LogP contribution >= 0.6 is 0 Å². The third-order valence-electron chi connectivity index (χ3n) is 4.25. The topological polar surface area (TPSA) is 80.8 Å². The van der Waals surface area contributed by atoms with Crippen LogP contribution < -0.4 is 5.32 Å². The zero-order chi connectivity index (χ0) is 17.2. The molecule has 2 aliphatic heterocycles. The highest BCUT2D eigenvalue weighted by molar-refractivity contribution is 5.96. The Hall–Kier alpha value is -1.99. The van der Waals surface area contributed by atoms with Gasteiger partial charge in [-0.25, -0.2) is 4.98 Å². The lowest BCUT2D eigenvalue weighted by Crippen LogP contribution is -2.47. The van der Waals surface area contributed by atoms with E-state index in [9.17, 15) is 9.59 Å². The van der Waals surface area contributed by atoms with E-state index in [-0.39, 0.29) is 29.2 Å². The van der Waals surface area contributed by atoms with Gasteiger partial charge in [0.15, 0.2) is 5.79 Å². The predicted molar refractivity (Wildman–Crippen MR) is 86.6 cm³/mol. The smallest absolute Gasteiger partial charge is 0.272 e. The molecule has 2 amide bonds. The fraction of sp³-hybridized carbons (Fsp3) is 0.588. The number of pyridine rings is 1. The van der Waals surface area contributed by atoms with Gasteiger partial charge in [-0.3, -0.25) is 9.59 Å². The van der Waals surface area contributed by atoms with E-state index in [0.717, 1.165) is 0 Å². The SMILES string of the molecule is CC(C)NC(=O)c1cccc(C(=O)N2CCC3(CC2)OCCO3)n1. The molecule has 1 aromatic heterocycles. The van der Waals surface area contributed by atoms with Gasteiger partial charge in [0.1, 0.15) is 11.4 Å². The monoisotopic (exact) mass is 333 g/mol. The molecule has 2 fully saturated rings. The Bertz CT molecular complexity index is 616. The summed E-state index contributed by atoms with van der Waals surface area (Å²) in [5.41, 5.74) is 0.543. The van der Waals surface area contributed by atoms with Gasteiger partial charge in [0, 0.05) is 32.0 Å². The second-order valence-corrected chi connectivity index (χ2v) is 6.44. The number of nitrogens with one attached hydrogen (secondary N) is 1. The summed E-state index contributed by atoms with van der Waals surface area (Å²) in [6.07, 6.45) is 1.32. The van der Waals surface area contributed by atoms with Gasteiger partial charge in [0.2, 0.25) is 0 Å². The fourth-order valence-electron chi connectivity index (χ4n) is 3.01. The molecule has 1 aromatic rings. The molecule has 0 aromatic carbocycles. The molecule has 7 heteroatoms. The lowest BCUT2D eigenvalue weighted by Gasteiger charge is -2.37. The van der Waals surface area contributed by atoms with Crippen LogP contribution in [0.2, 0.25) is 0 Å². The molecule has 0 unspecified atom stereocenters. The maximum Gasteiger partial charge on any atom is 0.272 e. The lowest BCUT2D eigenvalue weighted by molar-refractivity contribution is -0.181. The van der Waals surface area contributed by atoms with E-state index in [1.54, 1.807) is 23.1 Å². The van der Waals surface area contributed by atoms with Crippen LogP contribution in [0.5, 0.6) is 0 Å². The average Bonchev–Trinajstić information content (AvgIpc) is 3.02. The highest BCUT2D eigenvalue weighted by atomic mass is 16.7. The van der Waals surface area contributed by atoms with Crippen LogP contribution in [0.25, 0.3) is 0 Å². The number of piperidine rings is 1. The van der Waals surface area contributed by atoms with Crippen LogP contribution in [0, 0.1) is 0 Å². The second kappa shape index (κ2) is 6.86. The van der Waals surface area contributed by atoms with Crippen molar-refractivity contribution in [2.75, 3.05) is 26.3 Å². The van der Waals surface area contributed by atoms with E-state index >= 15 is 0 Å². The molecule has 0 saturated carbocycles. The molecule has 2 saturated heterocycles. The molecule has 130 valence electrons. The zero-order valence-electron chi connectivity index (χ0n) is 14.1. The van der Waals surface area contributed by atoms with Crippen LogP contribution in [-0.4, -0.2) is 59.8 Å². The van der Waals surface area contributed by atoms with E-state index in [2.05, 4.69) is 10.3 Å². The van der Waals surface area contributed by atoms with Gasteiger partial charge in [0.25, 0.3) is 11.8 Å². The Balaban J connectivity index is 1.66. The summed E-state index contributed by atoms with van der Waals surface area (Å²) in [5, 5.41) is 2.78. The van der Waals surface area contributed by atoms with Gasteiger partial charge in [-0.05, 0) is 26.0 Å². The Morgan fingerprint density at radius 1 is 1.17 bits per heavy atom. The molecule has 1 N–H and O–H groups in total. The normalized spacial score (nSPS) is 19.7. The Morgan fingerprint density at radius 3 is 2.42 bits per heavy atom. The van der Waals surface area contributed by atoms with Crippen molar-refractivity contribution >= 4 is 11.8 Å². The molecule has 0 bridgehead atoms. The number of carbonyl (C=O) groups excluding carboxylic acids is 2. The molecular weight excluding hydrogens is 310 g/mol. The second-order valence-electron chi connectivity index (χ2n) is 6.44. The van der Waals surface area contributed by atoms with E-state index in [4.69, 9.17) is 9.47 Å². The first-order chi connectivity index (χ1) is 11.5. The zero-order valence-corrected chi connectivity index (χ0v) is 14.1. The summed E-state index contributed by atoms with van der Waals surface area (Å²) in [7, 11) is 0. The first-order valence-corrected chi connectivity index (χ1v) is 8.34. The minimum atomic E-state index is -0.511. The van der Waals surface area contributed by atoms with Crippen LogP contribution in [0.15, 0.2) is 18.2 Å². The Kier molecular flexibility index (Phi) is 4.82. The van der Waals surface area contributed by atoms with E-state index in [1.165, 1.54) is 0 Å². The molecule has 1 spiro atoms. The molecule has 0 atom stereocenters. The first-order valence-electron chi connectivity index (χ1n) is 8.34. The molecule has 3 heterocycles. The largest absolute Gasteiger partial charge is 0.349 e. The van der Waals surface area contributed by atoms with Gasteiger partial charge in [-0.15, -0.1) is 0 Å². The summed E-state index contributed by atoms with van der Waals surface area (Å²) in [6, 6.07) is 4.95. The van der Waals surface area contributed by atoms with Gasteiger partial charge < -0.3 is 19.7 Å². The van der Waals surface area contributed by atoms with Crippen LogP contribution in [0.3, 0.4) is 0 Å². The van der Waals surface area contributed by atoms with E-state index in [1.807, 2.05) is 13.8 Å². The minimum Gasteiger partial charge on any atom is -0.349 e. The quantitative estimate of drug-likeness (QED) is 0.899. The number of ether oxygens (including phenoxy) is 2. The fourth-order valence-corrected chi connectivity index (χ4v) is 3.01. The molecular formula is C17H23N3O4. The summed E-state index contributed by atoms with van der Waals surface area (Å²) in [6.45, 7) is 6.10. The van der Waals surface area contributed by atoms with Gasteiger partial charge in [0.05, 0.1) is 13.2 Å². The highest BCUT2D eigenvalue weighted by Gasteiger charge is 2.41. The summed E-state index contributed by atoms with van der Waals surface area (Å²) >= 11 is 0. The van der Waals surface area contributed by atoms with Gasteiger partial charge in [-0.1, -0.05) is 6.07 Å². The van der Waals surface area contributed by atoms with E-state index in [0.29, 0.717) is 39.1 Å². The van der Waals surface area contributed by atoms with Gasteiger partial charge in [-0.2, -0.15) is 0 Å². The van der Waals surface area contributed by atoms with Crippen molar-refractivity contribution in [2.24, 2.45) is 0 Å². The van der Waals surface area contributed by atoms with E-state index < -0.39 is 5.79 Å². The number of aromatic nitrogens is 1. The Morgan fingerprint density at radius 2 is 1.79 bits per heavy atom. The van der Waals surface area contributed by atoms with Crippen LogP contribution in [-0.2, 0) is 9.47 Å². The molecule has 24 heavy (non-hydrogen) atoms. The molecule has 7 nitrogen and oxygen atoms in total. The first kappa shape index (κ1) is 16.9. The average molecular weight is 333 g/mol. The summed E-state index contributed by atoms with van der Waals surface area (Å²) in [5.74, 6) is -0.949. The maximum absolute atomic E-state index is 12.7. The van der Waals surface area contributed by atoms with Crippen molar-refractivity contribution in [1.82, 2.24) is 15.2 Å². The number of carbonyl (C=O) groups is 2. The van der Waals surface area contributed by atoms with Crippen molar-refractivity contribution in [3.8, 4) is 0 Å². The van der Waals surface area contributed by atoms with Crippen LogP contribution in [0.1, 0.15) is 47.7 Å². The molecule has 3 rings (SSSR count). The standard InChI is InChI=1S/C17H23N3O4/c1-12(2)18-15(21)13-4-3-5-14(19-13)16(22)20-8-6-17(7-9-20)23-10-11-24-17/h3-5,12H,6-11H2,1-2H3,(H,18,21). The lowest BCUT2D eigenvalue weighted by atomic mass is 10.0. The molecule has 0 radical (unpaired) electrons. The van der Waals surface area contributed by atoms with Crippen molar-refractivity contribution in [3.05, 3.63) is 29.6 Å². The third kappa shape index (κ3) is 3.57. The molecule has 0 aliphatic carbocycles. The van der Waals surface area contributed by atoms with Crippen molar-refractivity contribution in [2.45, 2.75) is 38.5 Å². The van der Waals surface area contributed by atoms with Gasteiger partial charge >= 0.3 is 0 Å². The summed E-state index contributed by atoms with van der Waals surface area (Å²) in [4.78, 5) is 30.7. The van der Waals surface area contributed by atoms with Crippen molar-refractivity contribution in [3.63, 3.8) is 0 Å². The number of hydrogen-bond acceptors (Lipinski definition) is 5. The highest BCUT2D eigenvalue weighted by Crippen LogP contribution is 2.31. The molecule has 2 aliphatic rings. The van der Waals surface area contributed by atoms with Crippen LogP contribution in [0.4, 0.5) is 0 Å². The number of nitrogens with zero attached hydrogens (tertiary/aromatic N) is 2.